The summed E-state index contributed by atoms with van der Waals surface area (Å²) in [5, 5.41) is 6.12. The van der Waals surface area contributed by atoms with E-state index in [-0.39, 0.29) is 12.5 Å². The van der Waals surface area contributed by atoms with Gasteiger partial charge in [0.05, 0.1) is 17.8 Å². The van der Waals surface area contributed by atoms with Crippen molar-refractivity contribution in [3.8, 4) is 11.5 Å². The number of aryl methyl sites for hydroxylation is 1. The van der Waals surface area contributed by atoms with Crippen molar-refractivity contribution >= 4 is 38.8 Å². The molecule has 6 heteroatoms. The Hall–Kier alpha value is -2.86. The fraction of sp³-hybridized carbons (Fsp3) is 0.143. The zero-order valence-corrected chi connectivity index (χ0v) is 16.6. The van der Waals surface area contributed by atoms with Crippen molar-refractivity contribution in [2.24, 2.45) is 5.10 Å². The number of rotatable bonds is 6. The molecule has 0 bridgehead atoms. The Morgan fingerprint density at radius 3 is 2.70 bits per heavy atom. The molecular weight excluding hydrogens is 408 g/mol. The Kier molecular flexibility index (Phi) is 6.08. The lowest BCUT2D eigenvalue weighted by atomic mass is 10.0. The Morgan fingerprint density at radius 1 is 1.15 bits per heavy atom. The van der Waals surface area contributed by atoms with Gasteiger partial charge >= 0.3 is 0 Å². The molecule has 3 aromatic rings. The number of hydrogen-bond acceptors (Lipinski definition) is 4. The third-order valence-corrected chi connectivity index (χ3v) is 4.60. The second kappa shape index (κ2) is 8.68. The van der Waals surface area contributed by atoms with Gasteiger partial charge in [-0.1, -0.05) is 36.4 Å². The SMILES string of the molecule is COc1ccc2ccccc2c1/C=N/NC(=O)COc1ccc(C)cc1Br. The highest BCUT2D eigenvalue weighted by atomic mass is 79.9. The van der Waals surface area contributed by atoms with E-state index in [1.165, 1.54) is 0 Å². The van der Waals surface area contributed by atoms with Crippen LogP contribution in [0.4, 0.5) is 0 Å². The summed E-state index contributed by atoms with van der Waals surface area (Å²) in [6.07, 6.45) is 1.58. The molecule has 138 valence electrons. The molecule has 0 spiro atoms. The first-order valence-corrected chi connectivity index (χ1v) is 9.14. The highest BCUT2D eigenvalue weighted by Crippen LogP contribution is 2.27. The minimum Gasteiger partial charge on any atom is -0.496 e. The first-order chi connectivity index (χ1) is 13.1. The molecule has 0 saturated carbocycles. The van der Waals surface area contributed by atoms with E-state index >= 15 is 0 Å². The normalized spacial score (nSPS) is 10.9. The Morgan fingerprint density at radius 2 is 1.93 bits per heavy atom. The molecule has 0 aliphatic carbocycles. The van der Waals surface area contributed by atoms with E-state index in [9.17, 15) is 4.79 Å². The van der Waals surface area contributed by atoms with Crippen LogP contribution < -0.4 is 14.9 Å². The molecule has 27 heavy (non-hydrogen) atoms. The van der Waals surface area contributed by atoms with Gasteiger partial charge in [0.15, 0.2) is 6.61 Å². The third kappa shape index (κ3) is 4.65. The van der Waals surface area contributed by atoms with Crippen LogP contribution in [0.5, 0.6) is 11.5 Å². The fourth-order valence-electron chi connectivity index (χ4n) is 2.65. The second-order valence-electron chi connectivity index (χ2n) is 5.92. The first kappa shape index (κ1) is 18.9. The van der Waals surface area contributed by atoms with Crippen LogP contribution in [0.3, 0.4) is 0 Å². The van der Waals surface area contributed by atoms with Crippen LogP contribution >= 0.6 is 15.9 Å². The van der Waals surface area contributed by atoms with Crippen LogP contribution in [0, 0.1) is 6.92 Å². The molecule has 0 fully saturated rings. The summed E-state index contributed by atoms with van der Waals surface area (Å²) in [7, 11) is 1.60. The van der Waals surface area contributed by atoms with Crippen molar-refractivity contribution in [3.63, 3.8) is 0 Å². The van der Waals surface area contributed by atoms with Gasteiger partial charge in [-0.05, 0) is 57.4 Å². The van der Waals surface area contributed by atoms with Gasteiger partial charge in [0, 0.05) is 5.56 Å². The number of halogens is 1. The fourth-order valence-corrected chi connectivity index (χ4v) is 3.26. The van der Waals surface area contributed by atoms with Crippen molar-refractivity contribution in [1.29, 1.82) is 0 Å². The van der Waals surface area contributed by atoms with Gasteiger partial charge in [0.2, 0.25) is 0 Å². The van der Waals surface area contributed by atoms with Crippen LogP contribution in [0.2, 0.25) is 0 Å². The average molecular weight is 427 g/mol. The smallest absolute Gasteiger partial charge is 0.277 e. The third-order valence-electron chi connectivity index (χ3n) is 3.98. The predicted molar refractivity (Wildman–Crippen MR) is 111 cm³/mol. The van der Waals surface area contributed by atoms with Gasteiger partial charge in [-0.25, -0.2) is 5.43 Å². The van der Waals surface area contributed by atoms with E-state index in [4.69, 9.17) is 9.47 Å². The number of carbonyl (C=O) groups excluding carboxylic acids is 1. The Balaban J connectivity index is 1.66. The van der Waals surface area contributed by atoms with Gasteiger partial charge < -0.3 is 9.47 Å². The number of nitrogens with one attached hydrogen (secondary N) is 1. The molecule has 0 unspecified atom stereocenters. The van der Waals surface area contributed by atoms with Crippen molar-refractivity contribution in [1.82, 2.24) is 5.43 Å². The summed E-state index contributed by atoms with van der Waals surface area (Å²) in [4.78, 5) is 12.0. The van der Waals surface area contributed by atoms with Gasteiger partial charge in [-0.3, -0.25) is 4.79 Å². The highest BCUT2D eigenvalue weighted by Gasteiger charge is 2.07. The molecule has 1 N–H and O–H groups in total. The van der Waals surface area contributed by atoms with E-state index in [2.05, 4.69) is 26.5 Å². The topological polar surface area (TPSA) is 59.9 Å². The molecule has 3 rings (SSSR count). The second-order valence-corrected chi connectivity index (χ2v) is 6.77. The molecule has 3 aromatic carbocycles. The summed E-state index contributed by atoms with van der Waals surface area (Å²) < 4.78 is 11.7. The van der Waals surface area contributed by atoms with E-state index in [1.807, 2.05) is 61.5 Å². The molecule has 0 atom stereocenters. The van der Waals surface area contributed by atoms with Crippen LogP contribution in [-0.2, 0) is 4.79 Å². The summed E-state index contributed by atoms with van der Waals surface area (Å²) in [5.74, 6) is 0.944. The summed E-state index contributed by atoms with van der Waals surface area (Å²) in [6, 6.07) is 17.4. The minimum atomic E-state index is -0.349. The number of benzene rings is 3. The van der Waals surface area contributed by atoms with Gasteiger partial charge in [0.1, 0.15) is 11.5 Å². The lowest BCUT2D eigenvalue weighted by Gasteiger charge is -2.09. The lowest BCUT2D eigenvalue weighted by Crippen LogP contribution is -2.24. The number of fused-ring (bicyclic) bond motifs is 1. The molecule has 0 saturated heterocycles. The molecule has 0 heterocycles. The molecule has 0 aliphatic rings. The maximum absolute atomic E-state index is 12.0. The van der Waals surface area contributed by atoms with Gasteiger partial charge in [-0.2, -0.15) is 5.10 Å². The summed E-state index contributed by atoms with van der Waals surface area (Å²) >= 11 is 3.42. The molecule has 1 amide bonds. The summed E-state index contributed by atoms with van der Waals surface area (Å²) in [5.41, 5.74) is 4.39. The van der Waals surface area contributed by atoms with Crippen LogP contribution in [0.25, 0.3) is 10.8 Å². The minimum absolute atomic E-state index is 0.133. The van der Waals surface area contributed by atoms with Crippen LogP contribution in [-0.4, -0.2) is 25.8 Å². The number of ether oxygens (including phenoxy) is 2. The average Bonchev–Trinajstić information content (AvgIpc) is 2.67. The Labute approximate surface area is 166 Å². The number of hydrazone groups is 1. The van der Waals surface area contributed by atoms with Crippen molar-refractivity contribution in [3.05, 3.63) is 70.2 Å². The largest absolute Gasteiger partial charge is 0.496 e. The quantitative estimate of drug-likeness (QED) is 0.467. The number of carbonyl (C=O) groups is 1. The maximum Gasteiger partial charge on any atom is 0.277 e. The Bertz CT molecular complexity index is 1000. The number of methoxy groups -OCH3 is 1. The van der Waals surface area contributed by atoms with Gasteiger partial charge in [-0.15, -0.1) is 0 Å². The molecule has 0 aromatic heterocycles. The predicted octanol–water partition coefficient (Wildman–Crippen LogP) is 4.45. The van der Waals surface area contributed by atoms with Crippen LogP contribution in [0.15, 0.2) is 64.2 Å². The summed E-state index contributed by atoms with van der Waals surface area (Å²) in [6.45, 7) is 1.85. The van der Waals surface area contributed by atoms with E-state index in [1.54, 1.807) is 13.3 Å². The molecule has 0 radical (unpaired) electrons. The van der Waals surface area contributed by atoms with Crippen molar-refractivity contribution < 1.29 is 14.3 Å². The van der Waals surface area contributed by atoms with Crippen molar-refractivity contribution in [2.75, 3.05) is 13.7 Å². The molecule has 0 aliphatic heterocycles. The maximum atomic E-state index is 12.0. The van der Waals surface area contributed by atoms with Crippen molar-refractivity contribution in [2.45, 2.75) is 6.92 Å². The van der Waals surface area contributed by atoms with E-state index in [0.717, 1.165) is 26.4 Å². The molecule has 5 nitrogen and oxygen atoms in total. The number of hydrogen-bond donors (Lipinski definition) is 1. The molecular formula is C21H19BrN2O3. The number of nitrogens with zero attached hydrogens (tertiary/aromatic N) is 1. The highest BCUT2D eigenvalue weighted by molar-refractivity contribution is 9.10. The lowest BCUT2D eigenvalue weighted by molar-refractivity contribution is -0.123. The van der Waals surface area contributed by atoms with Crippen LogP contribution in [0.1, 0.15) is 11.1 Å². The zero-order chi connectivity index (χ0) is 19.2. The first-order valence-electron chi connectivity index (χ1n) is 8.35. The van der Waals surface area contributed by atoms with E-state index in [0.29, 0.717) is 11.5 Å². The van der Waals surface area contributed by atoms with Gasteiger partial charge in [0.25, 0.3) is 5.91 Å². The van der Waals surface area contributed by atoms with E-state index < -0.39 is 0 Å². The number of amides is 1. The zero-order valence-electron chi connectivity index (χ0n) is 15.0. The standard InChI is InChI=1S/C21H19BrN2O3/c1-14-7-9-20(18(22)11-14)27-13-21(25)24-23-12-17-16-6-4-3-5-15(16)8-10-19(17)26-2/h3-12H,13H2,1-2H3,(H,24,25)/b23-12+. The monoisotopic (exact) mass is 426 g/mol.